The lowest BCUT2D eigenvalue weighted by molar-refractivity contribution is -0.117. The van der Waals surface area contributed by atoms with Crippen molar-refractivity contribution in [3.05, 3.63) is 42.2 Å². The standard InChI is InChI=1S/C17H21N7O/c1-4-7-24-17(12(2)8-21-24)22-15(25)11-23-10-14(9-20-23)16-13(3)18-5-6-19-16/h5-6,8-10H,4,7,11H2,1-3H3,(H,22,25). The Balaban J connectivity index is 1.70. The summed E-state index contributed by atoms with van der Waals surface area (Å²) in [6.45, 7) is 6.78. The van der Waals surface area contributed by atoms with E-state index in [0.29, 0.717) is 0 Å². The molecule has 1 N–H and O–H groups in total. The molecule has 25 heavy (non-hydrogen) atoms. The van der Waals surface area contributed by atoms with Gasteiger partial charge in [0.15, 0.2) is 0 Å². The summed E-state index contributed by atoms with van der Waals surface area (Å²) in [5.41, 5.74) is 3.38. The van der Waals surface area contributed by atoms with Gasteiger partial charge in [-0.3, -0.25) is 19.4 Å². The van der Waals surface area contributed by atoms with Gasteiger partial charge in [-0.15, -0.1) is 0 Å². The molecule has 1 amide bonds. The highest BCUT2D eigenvalue weighted by atomic mass is 16.2. The van der Waals surface area contributed by atoms with E-state index < -0.39 is 0 Å². The van der Waals surface area contributed by atoms with E-state index in [0.717, 1.165) is 41.3 Å². The zero-order chi connectivity index (χ0) is 17.8. The van der Waals surface area contributed by atoms with Crippen LogP contribution in [0.1, 0.15) is 24.6 Å². The fraction of sp³-hybridized carbons (Fsp3) is 0.353. The summed E-state index contributed by atoms with van der Waals surface area (Å²) in [5.74, 6) is 0.593. The van der Waals surface area contributed by atoms with Crippen LogP contribution in [0.15, 0.2) is 31.0 Å². The zero-order valence-corrected chi connectivity index (χ0v) is 14.6. The van der Waals surface area contributed by atoms with Gasteiger partial charge >= 0.3 is 0 Å². The first-order valence-electron chi connectivity index (χ1n) is 8.21. The number of aryl methyl sites for hydroxylation is 3. The summed E-state index contributed by atoms with van der Waals surface area (Å²) in [6.07, 6.45) is 9.49. The van der Waals surface area contributed by atoms with Crippen molar-refractivity contribution in [3.8, 4) is 11.3 Å². The van der Waals surface area contributed by atoms with Gasteiger partial charge in [-0.25, -0.2) is 4.68 Å². The molecule has 8 nitrogen and oxygen atoms in total. The molecule has 3 aromatic rings. The van der Waals surface area contributed by atoms with Crippen LogP contribution in [0.3, 0.4) is 0 Å². The summed E-state index contributed by atoms with van der Waals surface area (Å²) in [7, 11) is 0. The largest absolute Gasteiger partial charge is 0.309 e. The molecule has 130 valence electrons. The van der Waals surface area contributed by atoms with Gasteiger partial charge in [-0.1, -0.05) is 6.92 Å². The van der Waals surface area contributed by atoms with Crippen LogP contribution in [-0.2, 0) is 17.9 Å². The third kappa shape index (κ3) is 3.73. The minimum atomic E-state index is -0.147. The lowest BCUT2D eigenvalue weighted by Crippen LogP contribution is -2.21. The first-order valence-corrected chi connectivity index (χ1v) is 8.21. The summed E-state index contributed by atoms with van der Waals surface area (Å²) in [4.78, 5) is 20.9. The molecule has 0 unspecified atom stereocenters. The third-order valence-electron chi connectivity index (χ3n) is 3.81. The monoisotopic (exact) mass is 339 g/mol. The average molecular weight is 339 g/mol. The van der Waals surface area contributed by atoms with Crippen molar-refractivity contribution in [1.29, 1.82) is 0 Å². The number of rotatable bonds is 6. The van der Waals surface area contributed by atoms with Crippen LogP contribution in [0, 0.1) is 13.8 Å². The third-order valence-corrected chi connectivity index (χ3v) is 3.81. The normalized spacial score (nSPS) is 10.8. The smallest absolute Gasteiger partial charge is 0.247 e. The molecule has 0 saturated heterocycles. The van der Waals surface area contributed by atoms with Gasteiger partial charge in [0.05, 0.1) is 23.8 Å². The van der Waals surface area contributed by atoms with Crippen molar-refractivity contribution in [2.75, 3.05) is 5.32 Å². The van der Waals surface area contributed by atoms with Crippen molar-refractivity contribution in [2.45, 2.75) is 40.3 Å². The molecule has 0 aromatic carbocycles. The summed E-state index contributed by atoms with van der Waals surface area (Å²) in [6, 6.07) is 0. The van der Waals surface area contributed by atoms with Gasteiger partial charge in [0.2, 0.25) is 5.91 Å². The number of nitrogens with one attached hydrogen (secondary N) is 1. The molecule has 0 bridgehead atoms. The molecule has 0 aliphatic heterocycles. The lowest BCUT2D eigenvalue weighted by atomic mass is 10.2. The SMILES string of the molecule is CCCn1ncc(C)c1NC(=O)Cn1cc(-c2nccnc2C)cn1. The molecule has 0 aliphatic rings. The molecule has 3 rings (SSSR count). The lowest BCUT2D eigenvalue weighted by Gasteiger charge is -2.09. The van der Waals surface area contributed by atoms with Crippen molar-refractivity contribution in [2.24, 2.45) is 0 Å². The number of carbonyl (C=O) groups excluding carboxylic acids is 1. The Morgan fingerprint density at radius 3 is 2.72 bits per heavy atom. The van der Waals surface area contributed by atoms with Gasteiger partial charge in [0.1, 0.15) is 12.4 Å². The van der Waals surface area contributed by atoms with E-state index in [9.17, 15) is 4.79 Å². The van der Waals surface area contributed by atoms with Crippen molar-refractivity contribution < 1.29 is 4.79 Å². The van der Waals surface area contributed by atoms with Crippen LogP contribution in [0.5, 0.6) is 0 Å². The van der Waals surface area contributed by atoms with Gasteiger partial charge in [0.25, 0.3) is 0 Å². The molecule has 8 heteroatoms. The fourth-order valence-corrected chi connectivity index (χ4v) is 2.61. The maximum atomic E-state index is 12.4. The summed E-state index contributed by atoms with van der Waals surface area (Å²) in [5, 5.41) is 11.5. The summed E-state index contributed by atoms with van der Waals surface area (Å²) < 4.78 is 3.40. The zero-order valence-electron chi connectivity index (χ0n) is 14.6. The molecule has 0 fully saturated rings. The average Bonchev–Trinajstić information content (AvgIpc) is 3.17. The Bertz CT molecular complexity index is 881. The highest BCUT2D eigenvalue weighted by Crippen LogP contribution is 2.18. The van der Waals surface area contributed by atoms with E-state index in [1.807, 2.05) is 18.5 Å². The molecule has 0 aliphatic carbocycles. The van der Waals surface area contributed by atoms with E-state index >= 15 is 0 Å². The van der Waals surface area contributed by atoms with E-state index in [1.54, 1.807) is 35.7 Å². The number of hydrogen-bond donors (Lipinski definition) is 1. The number of carbonyl (C=O) groups is 1. The molecule has 3 aromatic heterocycles. The minimum absolute atomic E-state index is 0.121. The van der Waals surface area contributed by atoms with E-state index in [2.05, 4.69) is 32.4 Å². The maximum absolute atomic E-state index is 12.4. The van der Waals surface area contributed by atoms with Crippen LogP contribution in [-0.4, -0.2) is 35.4 Å². The highest BCUT2D eigenvalue weighted by Gasteiger charge is 2.13. The van der Waals surface area contributed by atoms with Crippen molar-refractivity contribution in [1.82, 2.24) is 29.5 Å². The van der Waals surface area contributed by atoms with E-state index in [4.69, 9.17) is 0 Å². The molecule has 0 radical (unpaired) electrons. The maximum Gasteiger partial charge on any atom is 0.247 e. The second-order valence-corrected chi connectivity index (χ2v) is 5.86. The molecule has 0 atom stereocenters. The Hall–Kier alpha value is -3.03. The Morgan fingerprint density at radius 2 is 1.96 bits per heavy atom. The van der Waals surface area contributed by atoms with E-state index in [-0.39, 0.29) is 12.5 Å². The number of anilines is 1. The Labute approximate surface area is 145 Å². The first kappa shape index (κ1) is 16.8. The number of nitrogens with zero attached hydrogens (tertiary/aromatic N) is 6. The van der Waals surface area contributed by atoms with Gasteiger partial charge in [-0.2, -0.15) is 10.2 Å². The molecule has 0 saturated carbocycles. The van der Waals surface area contributed by atoms with Gasteiger partial charge < -0.3 is 5.32 Å². The van der Waals surface area contributed by atoms with Gasteiger partial charge in [0, 0.05) is 36.3 Å². The molecule has 3 heterocycles. The Kier molecular flexibility index (Phi) is 4.87. The Morgan fingerprint density at radius 1 is 1.16 bits per heavy atom. The van der Waals surface area contributed by atoms with E-state index in [1.165, 1.54) is 0 Å². The second-order valence-electron chi connectivity index (χ2n) is 5.86. The summed E-state index contributed by atoms with van der Waals surface area (Å²) >= 11 is 0. The fourth-order valence-electron chi connectivity index (χ4n) is 2.61. The number of aromatic nitrogens is 6. The van der Waals surface area contributed by atoms with Crippen LogP contribution in [0.25, 0.3) is 11.3 Å². The topological polar surface area (TPSA) is 90.5 Å². The van der Waals surface area contributed by atoms with Crippen LogP contribution in [0.2, 0.25) is 0 Å². The quantitative estimate of drug-likeness (QED) is 0.743. The second kappa shape index (κ2) is 7.25. The van der Waals surface area contributed by atoms with Crippen LogP contribution in [0.4, 0.5) is 5.82 Å². The minimum Gasteiger partial charge on any atom is -0.309 e. The molecular formula is C17H21N7O. The number of hydrogen-bond acceptors (Lipinski definition) is 5. The predicted octanol–water partition coefficient (Wildman–Crippen LogP) is 2.20. The highest BCUT2D eigenvalue weighted by molar-refractivity contribution is 5.90. The van der Waals surface area contributed by atoms with Gasteiger partial charge in [-0.05, 0) is 20.3 Å². The number of amides is 1. The molecular weight excluding hydrogens is 318 g/mol. The van der Waals surface area contributed by atoms with Crippen molar-refractivity contribution in [3.63, 3.8) is 0 Å². The first-order chi connectivity index (χ1) is 12.1. The molecule has 0 spiro atoms. The van der Waals surface area contributed by atoms with Crippen LogP contribution >= 0.6 is 0 Å². The predicted molar refractivity (Wildman–Crippen MR) is 93.9 cm³/mol. The van der Waals surface area contributed by atoms with Crippen LogP contribution < -0.4 is 5.32 Å². The van der Waals surface area contributed by atoms with Crippen molar-refractivity contribution >= 4 is 11.7 Å².